The monoisotopic (exact) mass is 130 g/mol. The van der Waals surface area contributed by atoms with E-state index in [2.05, 4.69) is 10.2 Å². The van der Waals surface area contributed by atoms with Gasteiger partial charge in [-0.1, -0.05) is 18.3 Å². The number of hydrogen-bond acceptors (Lipinski definition) is 4. The molecule has 0 unspecified atom stereocenters. The van der Waals surface area contributed by atoms with Gasteiger partial charge in [0.05, 0.1) is 0 Å². The Morgan fingerprint density at radius 2 is 2.38 bits per heavy atom. The maximum Gasteiger partial charge on any atom is 0.291 e. The lowest BCUT2D eigenvalue weighted by molar-refractivity contribution is 0.465. The Hall–Kier alpha value is -0.640. The fourth-order valence-electron chi connectivity index (χ4n) is 0.388. The third-order valence-corrected chi connectivity index (χ3v) is 1.63. The molecule has 0 fully saturated rings. The molecule has 1 aromatic rings. The Kier molecular flexibility index (Phi) is 1.43. The third-order valence-electron chi connectivity index (χ3n) is 0.759. The summed E-state index contributed by atoms with van der Waals surface area (Å²) in [6.45, 7) is 1.97. The van der Waals surface area contributed by atoms with Crippen molar-refractivity contribution in [1.82, 2.24) is 10.2 Å². The molecule has 1 rings (SSSR count). The molecule has 0 saturated heterocycles. The van der Waals surface area contributed by atoms with E-state index in [1.54, 1.807) is 0 Å². The average molecular weight is 130 g/mol. The molecular weight excluding hydrogens is 124 g/mol. The fourth-order valence-corrected chi connectivity index (χ4v) is 0.906. The molecule has 0 radical (unpaired) electrons. The van der Waals surface area contributed by atoms with Gasteiger partial charge in [0.2, 0.25) is 0 Å². The molecule has 0 aliphatic rings. The Morgan fingerprint density at radius 1 is 1.62 bits per heavy atom. The average Bonchev–Trinajstić information content (AvgIpc) is 2.14. The van der Waals surface area contributed by atoms with Crippen LogP contribution in [0.3, 0.4) is 0 Å². The maximum atomic E-state index is 8.63. The zero-order chi connectivity index (χ0) is 5.98. The summed E-state index contributed by atoms with van der Waals surface area (Å²) < 4.78 is 0. The molecule has 0 aromatic carbocycles. The van der Waals surface area contributed by atoms with Crippen LogP contribution in [-0.2, 0) is 6.42 Å². The fraction of sp³-hybridized carbons (Fsp3) is 0.500. The van der Waals surface area contributed by atoms with Crippen LogP contribution in [-0.4, -0.2) is 15.3 Å². The summed E-state index contributed by atoms with van der Waals surface area (Å²) in [6, 6.07) is 0. The molecule has 0 amide bonds. The van der Waals surface area contributed by atoms with Gasteiger partial charge in [0.1, 0.15) is 5.01 Å². The van der Waals surface area contributed by atoms with E-state index < -0.39 is 0 Å². The molecule has 0 aliphatic heterocycles. The van der Waals surface area contributed by atoms with Gasteiger partial charge >= 0.3 is 0 Å². The number of aromatic hydroxyl groups is 1. The van der Waals surface area contributed by atoms with Crippen LogP contribution in [0.2, 0.25) is 0 Å². The van der Waals surface area contributed by atoms with Gasteiger partial charge in [-0.25, -0.2) is 0 Å². The third kappa shape index (κ3) is 0.949. The molecule has 8 heavy (non-hydrogen) atoms. The molecule has 0 saturated carbocycles. The van der Waals surface area contributed by atoms with E-state index in [4.69, 9.17) is 5.11 Å². The van der Waals surface area contributed by atoms with Crippen molar-refractivity contribution in [2.24, 2.45) is 0 Å². The standard InChI is InChI=1S/C4H6N2OS/c1-2-3-5-6-4(7)8-3/h2H2,1H3,(H,6,7). The molecule has 1 heterocycles. The van der Waals surface area contributed by atoms with Gasteiger partial charge in [0.15, 0.2) is 0 Å². The van der Waals surface area contributed by atoms with Crippen LogP contribution in [0.25, 0.3) is 0 Å². The molecule has 0 atom stereocenters. The first-order chi connectivity index (χ1) is 3.83. The highest BCUT2D eigenvalue weighted by Crippen LogP contribution is 2.14. The maximum absolute atomic E-state index is 8.63. The predicted molar refractivity (Wildman–Crippen MR) is 31.0 cm³/mol. The molecule has 1 aromatic heterocycles. The van der Waals surface area contributed by atoms with Crippen molar-refractivity contribution in [3.05, 3.63) is 5.01 Å². The van der Waals surface area contributed by atoms with Gasteiger partial charge in [0, 0.05) is 0 Å². The lowest BCUT2D eigenvalue weighted by Gasteiger charge is -1.74. The van der Waals surface area contributed by atoms with E-state index in [9.17, 15) is 0 Å². The minimum Gasteiger partial charge on any atom is -0.485 e. The van der Waals surface area contributed by atoms with Gasteiger partial charge < -0.3 is 5.11 Å². The summed E-state index contributed by atoms with van der Waals surface area (Å²) in [7, 11) is 0. The summed E-state index contributed by atoms with van der Waals surface area (Å²) >= 11 is 1.22. The molecular formula is C4H6N2OS. The first-order valence-corrected chi connectivity index (χ1v) is 3.16. The highest BCUT2D eigenvalue weighted by Gasteiger charge is 1.96. The quantitative estimate of drug-likeness (QED) is 0.611. The van der Waals surface area contributed by atoms with Crippen LogP contribution >= 0.6 is 11.3 Å². The highest BCUT2D eigenvalue weighted by molar-refractivity contribution is 7.12. The van der Waals surface area contributed by atoms with Crippen LogP contribution in [0, 0.1) is 0 Å². The molecule has 0 spiro atoms. The van der Waals surface area contributed by atoms with E-state index in [1.165, 1.54) is 11.3 Å². The van der Waals surface area contributed by atoms with Crippen molar-refractivity contribution in [3.63, 3.8) is 0 Å². The van der Waals surface area contributed by atoms with Gasteiger partial charge in [-0.3, -0.25) is 0 Å². The summed E-state index contributed by atoms with van der Waals surface area (Å²) in [5, 5.41) is 16.6. The van der Waals surface area contributed by atoms with E-state index in [1.807, 2.05) is 6.92 Å². The summed E-state index contributed by atoms with van der Waals surface area (Å²) in [6.07, 6.45) is 0.845. The second-order valence-corrected chi connectivity index (χ2v) is 2.37. The zero-order valence-corrected chi connectivity index (χ0v) is 5.27. The van der Waals surface area contributed by atoms with Crippen molar-refractivity contribution < 1.29 is 5.11 Å². The smallest absolute Gasteiger partial charge is 0.291 e. The van der Waals surface area contributed by atoms with Gasteiger partial charge in [0.25, 0.3) is 5.19 Å². The number of aryl methyl sites for hydroxylation is 1. The lowest BCUT2D eigenvalue weighted by Crippen LogP contribution is -1.74. The molecule has 0 bridgehead atoms. The number of aromatic nitrogens is 2. The van der Waals surface area contributed by atoms with Crippen molar-refractivity contribution in [1.29, 1.82) is 0 Å². The summed E-state index contributed by atoms with van der Waals surface area (Å²) in [5.74, 6) is 0. The Bertz CT molecular complexity index is 174. The SMILES string of the molecule is CCc1nnc(O)s1. The van der Waals surface area contributed by atoms with E-state index in [0.717, 1.165) is 11.4 Å². The minimum atomic E-state index is 0.0573. The van der Waals surface area contributed by atoms with E-state index >= 15 is 0 Å². The zero-order valence-electron chi connectivity index (χ0n) is 4.46. The molecule has 4 heteroatoms. The largest absolute Gasteiger partial charge is 0.485 e. The minimum absolute atomic E-state index is 0.0573. The first kappa shape index (κ1) is 5.50. The first-order valence-electron chi connectivity index (χ1n) is 2.34. The highest BCUT2D eigenvalue weighted by atomic mass is 32.1. The van der Waals surface area contributed by atoms with Gasteiger partial charge in [-0.15, -0.1) is 10.2 Å². The number of rotatable bonds is 1. The van der Waals surface area contributed by atoms with Crippen molar-refractivity contribution in [2.45, 2.75) is 13.3 Å². The van der Waals surface area contributed by atoms with E-state index in [0.29, 0.717) is 0 Å². The van der Waals surface area contributed by atoms with Crippen LogP contribution < -0.4 is 0 Å². The lowest BCUT2D eigenvalue weighted by atomic mass is 10.5. The van der Waals surface area contributed by atoms with Gasteiger partial charge in [-0.05, 0) is 6.42 Å². The topological polar surface area (TPSA) is 46.0 Å². The Labute approximate surface area is 51.0 Å². The summed E-state index contributed by atoms with van der Waals surface area (Å²) in [5.41, 5.74) is 0. The predicted octanol–water partition coefficient (Wildman–Crippen LogP) is 0.806. The normalized spacial score (nSPS) is 9.62. The number of nitrogens with zero attached hydrogens (tertiary/aromatic N) is 2. The molecule has 3 nitrogen and oxygen atoms in total. The molecule has 1 N–H and O–H groups in total. The second kappa shape index (κ2) is 2.09. The second-order valence-electron chi connectivity index (χ2n) is 1.33. The van der Waals surface area contributed by atoms with Crippen molar-refractivity contribution in [3.8, 4) is 5.19 Å². The Balaban J connectivity index is 2.84. The molecule has 0 aliphatic carbocycles. The van der Waals surface area contributed by atoms with Crippen molar-refractivity contribution in [2.75, 3.05) is 0 Å². The summed E-state index contributed by atoms with van der Waals surface area (Å²) in [4.78, 5) is 0. The number of hydrogen-bond donors (Lipinski definition) is 1. The van der Waals surface area contributed by atoms with E-state index in [-0.39, 0.29) is 5.19 Å². The van der Waals surface area contributed by atoms with Crippen LogP contribution in [0.5, 0.6) is 5.19 Å². The molecule has 44 valence electrons. The van der Waals surface area contributed by atoms with Crippen LogP contribution in [0.4, 0.5) is 0 Å². The van der Waals surface area contributed by atoms with Crippen LogP contribution in [0.15, 0.2) is 0 Å². The van der Waals surface area contributed by atoms with Crippen LogP contribution in [0.1, 0.15) is 11.9 Å². The Morgan fingerprint density at radius 3 is 2.62 bits per heavy atom. The van der Waals surface area contributed by atoms with Crippen molar-refractivity contribution >= 4 is 11.3 Å². The van der Waals surface area contributed by atoms with Gasteiger partial charge in [-0.2, -0.15) is 0 Å².